The monoisotopic (exact) mass is 350 g/mol. The molecule has 1 aliphatic carbocycles. The number of rotatable bonds is 8. The number of urea groups is 1. The summed E-state index contributed by atoms with van der Waals surface area (Å²) in [6, 6.07) is 1.74. The molecule has 1 heterocycles. The largest absolute Gasteiger partial charge is 0.360 e. The Kier molecular flexibility index (Phi) is 7.76. The molecule has 0 bridgehead atoms. The van der Waals surface area contributed by atoms with Gasteiger partial charge < -0.3 is 20.1 Å². The van der Waals surface area contributed by atoms with Crippen LogP contribution in [0.1, 0.15) is 64.1 Å². The van der Waals surface area contributed by atoms with Crippen LogP contribution in [0, 0.1) is 6.92 Å². The molecule has 0 saturated heterocycles. The quantitative estimate of drug-likeness (QED) is 0.703. The van der Waals surface area contributed by atoms with Crippen LogP contribution < -0.4 is 10.6 Å². The van der Waals surface area contributed by atoms with E-state index >= 15 is 0 Å². The maximum absolute atomic E-state index is 12.6. The Bertz CT molecular complexity index is 552. The molecule has 0 aliphatic heterocycles. The summed E-state index contributed by atoms with van der Waals surface area (Å²) in [5.74, 6) is 0.748. The number of unbranched alkanes of at least 4 members (excludes halogenated alkanes) is 2. The second-order valence-electron chi connectivity index (χ2n) is 6.78. The van der Waals surface area contributed by atoms with Gasteiger partial charge in [0.15, 0.2) is 5.82 Å². The standard InChI is InChI=1S/C18H30N4O3/c1-3-4-8-11-22(18(24)19-15-9-6-5-7-10-15)13-17(23)20-16-12-14(2)25-21-16/h12,15H,3-11,13H2,1-2H3,(H,19,24)(H,20,21,23). The van der Waals surface area contributed by atoms with Gasteiger partial charge in [0.25, 0.3) is 0 Å². The maximum Gasteiger partial charge on any atom is 0.318 e. The van der Waals surface area contributed by atoms with Crippen molar-refractivity contribution in [2.24, 2.45) is 0 Å². The second-order valence-corrected chi connectivity index (χ2v) is 6.78. The summed E-state index contributed by atoms with van der Waals surface area (Å²) in [4.78, 5) is 26.4. The molecule has 1 aliphatic rings. The van der Waals surface area contributed by atoms with Crippen LogP contribution in [0.3, 0.4) is 0 Å². The van der Waals surface area contributed by atoms with Crippen LogP contribution in [-0.2, 0) is 4.79 Å². The van der Waals surface area contributed by atoms with Gasteiger partial charge in [0.05, 0.1) is 0 Å². The predicted molar refractivity (Wildman–Crippen MR) is 96.4 cm³/mol. The summed E-state index contributed by atoms with van der Waals surface area (Å²) < 4.78 is 4.94. The van der Waals surface area contributed by atoms with Crippen LogP contribution in [-0.4, -0.2) is 41.1 Å². The number of nitrogens with zero attached hydrogens (tertiary/aromatic N) is 2. The van der Waals surface area contributed by atoms with Crippen molar-refractivity contribution in [3.05, 3.63) is 11.8 Å². The molecule has 2 N–H and O–H groups in total. The first-order valence-corrected chi connectivity index (χ1v) is 9.37. The van der Waals surface area contributed by atoms with Gasteiger partial charge in [-0.3, -0.25) is 4.79 Å². The molecule has 1 saturated carbocycles. The highest BCUT2D eigenvalue weighted by atomic mass is 16.5. The number of nitrogens with one attached hydrogen (secondary N) is 2. The van der Waals surface area contributed by atoms with Crippen molar-refractivity contribution < 1.29 is 14.1 Å². The summed E-state index contributed by atoms with van der Waals surface area (Å²) in [5.41, 5.74) is 0. The third kappa shape index (κ3) is 6.76. The molecule has 0 radical (unpaired) electrons. The Hall–Kier alpha value is -2.05. The minimum atomic E-state index is -0.261. The average molecular weight is 350 g/mol. The Morgan fingerprint density at radius 3 is 2.68 bits per heavy atom. The molecule has 25 heavy (non-hydrogen) atoms. The lowest BCUT2D eigenvalue weighted by Crippen LogP contribution is -2.48. The number of anilines is 1. The zero-order valence-electron chi connectivity index (χ0n) is 15.3. The van der Waals surface area contributed by atoms with Gasteiger partial charge in [0.1, 0.15) is 12.3 Å². The molecule has 0 aromatic carbocycles. The Balaban J connectivity index is 1.88. The normalized spacial score (nSPS) is 15.0. The molecule has 7 heteroatoms. The molecule has 0 atom stereocenters. The van der Waals surface area contributed by atoms with Crippen LogP contribution in [0.25, 0.3) is 0 Å². The lowest BCUT2D eigenvalue weighted by Gasteiger charge is -2.28. The molecule has 0 spiro atoms. The molecular weight excluding hydrogens is 320 g/mol. The summed E-state index contributed by atoms with van der Waals surface area (Å²) in [6.07, 6.45) is 8.62. The topological polar surface area (TPSA) is 87.5 Å². The third-order valence-corrected chi connectivity index (χ3v) is 4.48. The van der Waals surface area contributed by atoms with Crippen molar-refractivity contribution in [2.75, 3.05) is 18.4 Å². The summed E-state index contributed by atoms with van der Waals surface area (Å²) in [7, 11) is 0. The van der Waals surface area contributed by atoms with Crippen LogP contribution >= 0.6 is 0 Å². The van der Waals surface area contributed by atoms with Gasteiger partial charge in [-0.15, -0.1) is 0 Å². The predicted octanol–water partition coefficient (Wildman–Crippen LogP) is 3.46. The molecular formula is C18H30N4O3. The van der Waals surface area contributed by atoms with Crippen molar-refractivity contribution in [2.45, 2.75) is 71.3 Å². The lowest BCUT2D eigenvalue weighted by atomic mass is 9.96. The maximum atomic E-state index is 12.6. The Morgan fingerprint density at radius 2 is 2.04 bits per heavy atom. The highest BCUT2D eigenvalue weighted by Gasteiger charge is 2.21. The highest BCUT2D eigenvalue weighted by molar-refractivity contribution is 5.93. The van der Waals surface area contributed by atoms with Crippen molar-refractivity contribution in [1.82, 2.24) is 15.4 Å². The van der Waals surface area contributed by atoms with E-state index in [1.54, 1.807) is 17.9 Å². The molecule has 3 amide bonds. The summed E-state index contributed by atoms with van der Waals surface area (Å²) >= 11 is 0. The molecule has 2 rings (SSSR count). The minimum Gasteiger partial charge on any atom is -0.360 e. The number of carbonyl (C=O) groups excluding carboxylic acids is 2. The number of hydrogen-bond acceptors (Lipinski definition) is 4. The van der Waals surface area contributed by atoms with E-state index in [0.717, 1.165) is 44.9 Å². The number of hydrogen-bond donors (Lipinski definition) is 2. The third-order valence-electron chi connectivity index (χ3n) is 4.48. The van der Waals surface area contributed by atoms with E-state index in [1.165, 1.54) is 6.42 Å². The van der Waals surface area contributed by atoms with Crippen LogP contribution in [0.15, 0.2) is 10.6 Å². The average Bonchev–Trinajstić information content (AvgIpc) is 2.99. The summed E-state index contributed by atoms with van der Waals surface area (Å²) in [5, 5.41) is 9.52. The first-order valence-electron chi connectivity index (χ1n) is 9.37. The Morgan fingerprint density at radius 1 is 1.28 bits per heavy atom. The van der Waals surface area contributed by atoms with Gasteiger partial charge in [-0.25, -0.2) is 4.79 Å². The van der Waals surface area contributed by atoms with E-state index in [1.807, 2.05) is 0 Å². The Labute approximate surface area is 149 Å². The van der Waals surface area contributed by atoms with Crippen molar-refractivity contribution in [3.63, 3.8) is 0 Å². The van der Waals surface area contributed by atoms with E-state index in [0.29, 0.717) is 18.1 Å². The number of aryl methyl sites for hydroxylation is 1. The van der Waals surface area contributed by atoms with Gasteiger partial charge >= 0.3 is 6.03 Å². The molecule has 0 unspecified atom stereocenters. The fourth-order valence-corrected chi connectivity index (χ4v) is 3.10. The first kappa shape index (κ1) is 19.3. The van der Waals surface area contributed by atoms with Crippen LogP contribution in [0.2, 0.25) is 0 Å². The van der Waals surface area contributed by atoms with E-state index in [9.17, 15) is 9.59 Å². The molecule has 140 valence electrons. The van der Waals surface area contributed by atoms with Gasteiger partial charge in [-0.1, -0.05) is 44.2 Å². The van der Waals surface area contributed by atoms with Gasteiger partial charge in [0.2, 0.25) is 5.91 Å². The molecule has 7 nitrogen and oxygen atoms in total. The number of aromatic nitrogens is 1. The molecule has 1 aromatic heterocycles. The van der Waals surface area contributed by atoms with Gasteiger partial charge in [-0.2, -0.15) is 0 Å². The molecule has 1 fully saturated rings. The molecule has 1 aromatic rings. The van der Waals surface area contributed by atoms with E-state index in [-0.39, 0.29) is 24.5 Å². The SMILES string of the molecule is CCCCCN(CC(=O)Nc1cc(C)on1)C(=O)NC1CCCCC1. The van der Waals surface area contributed by atoms with E-state index in [4.69, 9.17) is 4.52 Å². The fourth-order valence-electron chi connectivity index (χ4n) is 3.10. The van der Waals surface area contributed by atoms with Crippen molar-refractivity contribution in [1.29, 1.82) is 0 Å². The smallest absolute Gasteiger partial charge is 0.318 e. The fraction of sp³-hybridized carbons (Fsp3) is 0.722. The van der Waals surface area contributed by atoms with Crippen molar-refractivity contribution in [3.8, 4) is 0 Å². The first-order chi connectivity index (χ1) is 12.1. The van der Waals surface area contributed by atoms with E-state index < -0.39 is 0 Å². The van der Waals surface area contributed by atoms with Crippen LogP contribution in [0.5, 0.6) is 0 Å². The zero-order valence-corrected chi connectivity index (χ0v) is 15.3. The number of carbonyl (C=O) groups is 2. The highest BCUT2D eigenvalue weighted by Crippen LogP contribution is 2.17. The minimum absolute atomic E-state index is 0.0220. The lowest BCUT2D eigenvalue weighted by molar-refractivity contribution is -0.116. The van der Waals surface area contributed by atoms with Gasteiger partial charge in [0, 0.05) is 18.7 Å². The summed E-state index contributed by atoms with van der Waals surface area (Å²) in [6.45, 7) is 4.48. The second kappa shape index (κ2) is 10.1. The van der Waals surface area contributed by atoms with Crippen LogP contribution in [0.4, 0.5) is 10.6 Å². The van der Waals surface area contributed by atoms with E-state index in [2.05, 4.69) is 22.7 Å². The zero-order chi connectivity index (χ0) is 18.1. The van der Waals surface area contributed by atoms with Crippen molar-refractivity contribution >= 4 is 17.8 Å². The number of amides is 3. The van der Waals surface area contributed by atoms with Gasteiger partial charge in [-0.05, 0) is 26.2 Å².